The Labute approximate surface area is 122 Å². The maximum absolute atomic E-state index is 12.4. The maximum Gasteiger partial charge on any atom is 0.255 e. The van der Waals surface area contributed by atoms with Gasteiger partial charge in [0.2, 0.25) is 0 Å². The van der Waals surface area contributed by atoms with E-state index < -0.39 is 0 Å². The van der Waals surface area contributed by atoms with Crippen molar-refractivity contribution in [2.24, 2.45) is 0 Å². The number of carbonyl (C=O) groups is 1. The van der Waals surface area contributed by atoms with Crippen molar-refractivity contribution in [1.82, 2.24) is 15.5 Å². The van der Waals surface area contributed by atoms with Crippen molar-refractivity contribution >= 4 is 17.2 Å². The minimum atomic E-state index is -0.00551. The van der Waals surface area contributed by atoms with Gasteiger partial charge in [-0.15, -0.1) is 11.3 Å². The summed E-state index contributed by atoms with van der Waals surface area (Å²) >= 11 is 1.61. The van der Waals surface area contributed by atoms with Crippen LogP contribution in [0.3, 0.4) is 0 Å². The zero-order valence-corrected chi connectivity index (χ0v) is 12.2. The van der Waals surface area contributed by atoms with Crippen LogP contribution in [-0.2, 0) is 0 Å². The van der Waals surface area contributed by atoms with Crippen LogP contribution < -0.4 is 5.32 Å². The van der Waals surface area contributed by atoms with Gasteiger partial charge in [-0.3, -0.25) is 9.89 Å². The van der Waals surface area contributed by atoms with Crippen molar-refractivity contribution < 1.29 is 4.79 Å². The van der Waals surface area contributed by atoms with Crippen LogP contribution >= 0.6 is 11.3 Å². The Morgan fingerprint density at radius 1 is 1.30 bits per heavy atom. The van der Waals surface area contributed by atoms with E-state index in [4.69, 9.17) is 0 Å². The third kappa shape index (κ3) is 2.93. The van der Waals surface area contributed by atoms with E-state index in [9.17, 15) is 4.79 Å². The van der Waals surface area contributed by atoms with Crippen molar-refractivity contribution in [3.63, 3.8) is 0 Å². The van der Waals surface area contributed by atoms with Gasteiger partial charge in [0, 0.05) is 6.04 Å². The Hall–Kier alpha value is -1.62. The molecule has 0 aliphatic heterocycles. The number of H-pyrrole nitrogens is 1. The van der Waals surface area contributed by atoms with E-state index in [1.54, 1.807) is 17.5 Å². The molecule has 1 aliphatic rings. The molecule has 0 atom stereocenters. The fourth-order valence-corrected chi connectivity index (χ4v) is 3.49. The summed E-state index contributed by atoms with van der Waals surface area (Å²) in [5.41, 5.74) is 1.47. The Bertz CT molecular complexity index is 553. The molecule has 2 aromatic heterocycles. The molecule has 0 aromatic carbocycles. The summed E-state index contributed by atoms with van der Waals surface area (Å²) in [5, 5.41) is 12.1. The van der Waals surface area contributed by atoms with Gasteiger partial charge in [0.15, 0.2) is 0 Å². The molecule has 2 heterocycles. The summed E-state index contributed by atoms with van der Waals surface area (Å²) in [5.74, 6) is -0.00551. The molecule has 1 aliphatic carbocycles. The van der Waals surface area contributed by atoms with Crippen LogP contribution in [-0.4, -0.2) is 22.1 Å². The number of amides is 1. The SMILES string of the molecule is O=C(NC1CCCCCC1)c1cn[nH]c1-c1cccs1. The van der Waals surface area contributed by atoms with Gasteiger partial charge < -0.3 is 5.32 Å². The highest BCUT2D eigenvalue weighted by Gasteiger charge is 2.20. The predicted molar refractivity (Wildman–Crippen MR) is 80.9 cm³/mol. The first-order valence-corrected chi connectivity index (χ1v) is 8.10. The molecular formula is C15H19N3OS. The van der Waals surface area contributed by atoms with Gasteiger partial charge in [-0.2, -0.15) is 5.10 Å². The van der Waals surface area contributed by atoms with Crippen molar-refractivity contribution in [2.75, 3.05) is 0 Å². The van der Waals surface area contributed by atoms with Gasteiger partial charge in [0.1, 0.15) is 0 Å². The number of aromatic nitrogens is 2. The van der Waals surface area contributed by atoms with Gasteiger partial charge in [0.05, 0.1) is 22.3 Å². The van der Waals surface area contributed by atoms with Crippen LogP contribution in [0.4, 0.5) is 0 Å². The standard InChI is InChI=1S/C15H19N3OS/c19-15(17-11-6-3-1-2-4-7-11)12-10-16-18-14(12)13-8-5-9-20-13/h5,8-11H,1-4,6-7H2,(H,16,18)(H,17,19). The van der Waals surface area contributed by atoms with Crippen molar-refractivity contribution in [1.29, 1.82) is 0 Å². The van der Waals surface area contributed by atoms with E-state index in [0.29, 0.717) is 11.6 Å². The van der Waals surface area contributed by atoms with Crippen molar-refractivity contribution in [3.05, 3.63) is 29.3 Å². The number of nitrogens with zero attached hydrogens (tertiary/aromatic N) is 1. The van der Waals surface area contributed by atoms with Crippen LogP contribution in [0, 0.1) is 0 Å². The van der Waals surface area contributed by atoms with Crippen molar-refractivity contribution in [3.8, 4) is 10.6 Å². The van der Waals surface area contributed by atoms with Gasteiger partial charge in [0.25, 0.3) is 5.91 Å². The molecule has 0 bridgehead atoms. The Morgan fingerprint density at radius 3 is 2.80 bits per heavy atom. The second-order valence-corrected chi connectivity index (χ2v) is 6.25. The number of rotatable bonds is 3. The zero-order valence-electron chi connectivity index (χ0n) is 11.4. The topological polar surface area (TPSA) is 57.8 Å². The first kappa shape index (κ1) is 13.4. The van der Waals surface area contributed by atoms with Crippen LogP contribution in [0.15, 0.2) is 23.7 Å². The number of nitrogens with one attached hydrogen (secondary N) is 2. The lowest BCUT2D eigenvalue weighted by molar-refractivity contribution is 0.0934. The molecule has 2 N–H and O–H groups in total. The fourth-order valence-electron chi connectivity index (χ4n) is 2.75. The zero-order chi connectivity index (χ0) is 13.8. The fraction of sp³-hybridized carbons (Fsp3) is 0.467. The Kier molecular flexibility index (Phi) is 4.16. The molecule has 0 spiro atoms. The lowest BCUT2D eigenvalue weighted by Gasteiger charge is -2.15. The normalized spacial score (nSPS) is 16.8. The Morgan fingerprint density at radius 2 is 2.10 bits per heavy atom. The second-order valence-electron chi connectivity index (χ2n) is 5.30. The van der Waals surface area contributed by atoms with Crippen LogP contribution in [0.2, 0.25) is 0 Å². The third-order valence-corrected chi connectivity index (χ3v) is 4.73. The largest absolute Gasteiger partial charge is 0.349 e. The molecule has 1 fully saturated rings. The number of carbonyl (C=O) groups excluding carboxylic acids is 1. The highest BCUT2D eigenvalue weighted by molar-refractivity contribution is 7.13. The van der Waals surface area contributed by atoms with Gasteiger partial charge >= 0.3 is 0 Å². The maximum atomic E-state index is 12.4. The van der Waals surface area contributed by atoms with E-state index in [1.807, 2.05) is 17.5 Å². The van der Waals surface area contributed by atoms with E-state index in [1.165, 1.54) is 25.7 Å². The molecule has 1 amide bonds. The Balaban J connectivity index is 1.73. The molecule has 0 radical (unpaired) electrons. The average molecular weight is 289 g/mol. The highest BCUT2D eigenvalue weighted by atomic mass is 32.1. The second kappa shape index (κ2) is 6.22. The number of hydrogen-bond acceptors (Lipinski definition) is 3. The predicted octanol–water partition coefficient (Wildman–Crippen LogP) is 3.59. The quantitative estimate of drug-likeness (QED) is 0.848. The summed E-state index contributed by atoms with van der Waals surface area (Å²) in [7, 11) is 0. The number of aromatic amines is 1. The molecule has 5 heteroatoms. The van der Waals surface area contributed by atoms with E-state index >= 15 is 0 Å². The van der Waals surface area contributed by atoms with E-state index in [2.05, 4.69) is 15.5 Å². The van der Waals surface area contributed by atoms with Crippen LogP contribution in [0.25, 0.3) is 10.6 Å². The minimum absolute atomic E-state index is 0.00551. The van der Waals surface area contributed by atoms with Crippen molar-refractivity contribution in [2.45, 2.75) is 44.6 Å². The van der Waals surface area contributed by atoms with E-state index in [-0.39, 0.29) is 5.91 Å². The highest BCUT2D eigenvalue weighted by Crippen LogP contribution is 2.26. The molecule has 3 rings (SSSR count). The van der Waals surface area contributed by atoms with Gasteiger partial charge in [-0.25, -0.2) is 0 Å². The van der Waals surface area contributed by atoms with Gasteiger partial charge in [-0.1, -0.05) is 31.7 Å². The average Bonchev–Trinajstić information content (AvgIpc) is 3.07. The first-order valence-electron chi connectivity index (χ1n) is 7.22. The lowest BCUT2D eigenvalue weighted by Crippen LogP contribution is -2.34. The molecule has 20 heavy (non-hydrogen) atoms. The molecule has 1 saturated carbocycles. The van der Waals surface area contributed by atoms with Crippen LogP contribution in [0.1, 0.15) is 48.9 Å². The lowest BCUT2D eigenvalue weighted by atomic mass is 10.1. The number of hydrogen-bond donors (Lipinski definition) is 2. The molecule has 0 saturated heterocycles. The molecule has 0 unspecified atom stereocenters. The molecule has 2 aromatic rings. The van der Waals surface area contributed by atoms with Gasteiger partial charge in [-0.05, 0) is 24.3 Å². The summed E-state index contributed by atoms with van der Waals surface area (Å²) < 4.78 is 0. The first-order chi connectivity index (χ1) is 9.84. The molecular weight excluding hydrogens is 270 g/mol. The summed E-state index contributed by atoms with van der Waals surface area (Å²) in [6.45, 7) is 0. The van der Waals surface area contributed by atoms with Crippen LogP contribution in [0.5, 0.6) is 0 Å². The number of thiophene rings is 1. The van der Waals surface area contributed by atoms with E-state index in [0.717, 1.165) is 23.4 Å². The smallest absolute Gasteiger partial charge is 0.255 e. The minimum Gasteiger partial charge on any atom is -0.349 e. The monoisotopic (exact) mass is 289 g/mol. The summed E-state index contributed by atoms with van der Waals surface area (Å²) in [6.07, 6.45) is 8.83. The summed E-state index contributed by atoms with van der Waals surface area (Å²) in [6, 6.07) is 4.30. The molecule has 106 valence electrons. The summed E-state index contributed by atoms with van der Waals surface area (Å²) in [4.78, 5) is 13.5. The molecule has 4 nitrogen and oxygen atoms in total. The third-order valence-electron chi connectivity index (χ3n) is 3.84.